The number of hydrogen-bond acceptors (Lipinski definition) is 4. The van der Waals surface area contributed by atoms with Crippen LogP contribution in [-0.2, 0) is 21.0 Å². The van der Waals surface area contributed by atoms with Crippen LogP contribution in [0.4, 0.5) is 24.5 Å². The minimum Gasteiger partial charge on any atom is -0.369 e. The van der Waals surface area contributed by atoms with Crippen LogP contribution in [0, 0.1) is 0 Å². The van der Waals surface area contributed by atoms with E-state index in [1.54, 1.807) is 30.9 Å². The largest absolute Gasteiger partial charge is 0.416 e. The van der Waals surface area contributed by atoms with Crippen molar-refractivity contribution in [2.75, 3.05) is 36.4 Å². The molecule has 2 aromatic carbocycles. The van der Waals surface area contributed by atoms with E-state index in [-0.39, 0.29) is 37.0 Å². The fourth-order valence-electron chi connectivity index (χ4n) is 4.02. The molecule has 0 saturated carbocycles. The van der Waals surface area contributed by atoms with E-state index in [2.05, 4.69) is 5.32 Å². The van der Waals surface area contributed by atoms with Gasteiger partial charge in [0.2, 0.25) is 10.0 Å². The quantitative estimate of drug-likeness (QED) is 0.697. The lowest BCUT2D eigenvalue weighted by atomic mass is 10.0. The van der Waals surface area contributed by atoms with Crippen molar-refractivity contribution in [2.45, 2.75) is 24.9 Å². The topological polar surface area (TPSA) is 69.7 Å². The van der Waals surface area contributed by atoms with E-state index in [4.69, 9.17) is 0 Å². The van der Waals surface area contributed by atoms with Crippen LogP contribution in [0.15, 0.2) is 52.9 Å². The first kappa shape index (κ1) is 22.3. The summed E-state index contributed by atoms with van der Waals surface area (Å²) in [6.45, 7) is 4.40. The Morgan fingerprint density at radius 1 is 1.00 bits per heavy atom. The number of piperazine rings is 1. The molecule has 0 radical (unpaired) electrons. The predicted octanol–water partition coefficient (Wildman–Crippen LogP) is 3.96. The average Bonchev–Trinajstić information content (AvgIpc) is 3.08. The molecule has 1 saturated heterocycles. The van der Waals surface area contributed by atoms with E-state index in [0.717, 1.165) is 17.7 Å². The molecule has 170 valence electrons. The minimum atomic E-state index is -4.44. The van der Waals surface area contributed by atoms with Crippen LogP contribution in [0.1, 0.15) is 25.0 Å². The molecule has 0 aromatic heterocycles. The van der Waals surface area contributed by atoms with Crippen molar-refractivity contribution in [2.24, 2.45) is 0 Å². The number of alkyl halides is 3. The van der Waals surface area contributed by atoms with Gasteiger partial charge in [0.05, 0.1) is 10.5 Å². The Hall–Kier alpha value is -2.85. The zero-order valence-electron chi connectivity index (χ0n) is 17.5. The van der Waals surface area contributed by atoms with Gasteiger partial charge in [0.15, 0.2) is 0 Å². The maximum absolute atomic E-state index is 13.2. The molecule has 2 aliphatic rings. The van der Waals surface area contributed by atoms with Crippen molar-refractivity contribution >= 4 is 32.9 Å². The number of fused-ring (bicyclic) bond motifs is 1. The Morgan fingerprint density at radius 3 is 2.31 bits per heavy atom. The summed E-state index contributed by atoms with van der Waals surface area (Å²) in [4.78, 5) is 14.0. The number of benzene rings is 2. The summed E-state index contributed by atoms with van der Waals surface area (Å²) in [6, 6.07) is 9.57. The molecule has 1 fully saturated rings. The molecule has 0 unspecified atom stereocenters. The Morgan fingerprint density at radius 2 is 1.69 bits per heavy atom. The number of hydrogen-bond donors (Lipinski definition) is 1. The molecule has 4 rings (SSSR count). The van der Waals surface area contributed by atoms with Gasteiger partial charge >= 0.3 is 6.18 Å². The number of sulfonamides is 1. The Kier molecular flexibility index (Phi) is 5.54. The predicted molar refractivity (Wildman–Crippen MR) is 116 cm³/mol. The van der Waals surface area contributed by atoms with Gasteiger partial charge in [-0.15, -0.1) is 0 Å². The van der Waals surface area contributed by atoms with Crippen LogP contribution >= 0.6 is 0 Å². The van der Waals surface area contributed by atoms with Crippen molar-refractivity contribution in [1.82, 2.24) is 4.31 Å². The number of carbonyl (C=O) groups is 1. The Balaban J connectivity index is 1.54. The standard InChI is InChI=1S/C22H22F3N3O3S/c1-14(2)20-18-13-17(6-7-19(18)26-21(20)29)32(30,31)28-10-8-27(9-11-28)16-5-3-4-15(12-16)22(23,24)25/h3-7,12-13H,8-11H2,1-2H3,(H,26,29). The van der Waals surface area contributed by atoms with E-state index in [1.807, 2.05) is 0 Å². The summed E-state index contributed by atoms with van der Waals surface area (Å²) in [7, 11) is -3.82. The smallest absolute Gasteiger partial charge is 0.369 e. The van der Waals surface area contributed by atoms with Crippen LogP contribution in [0.3, 0.4) is 0 Å². The summed E-state index contributed by atoms with van der Waals surface area (Å²) >= 11 is 0. The molecular weight excluding hydrogens is 443 g/mol. The molecule has 0 spiro atoms. The lowest BCUT2D eigenvalue weighted by Gasteiger charge is -2.35. The third kappa shape index (κ3) is 4.00. The van der Waals surface area contributed by atoms with E-state index in [9.17, 15) is 26.4 Å². The van der Waals surface area contributed by atoms with Crippen LogP contribution in [0.2, 0.25) is 0 Å². The number of rotatable bonds is 3. The van der Waals surface area contributed by atoms with Crippen LogP contribution in [-0.4, -0.2) is 44.8 Å². The first-order valence-electron chi connectivity index (χ1n) is 10.0. The van der Waals surface area contributed by atoms with Gasteiger partial charge in [-0.3, -0.25) is 4.79 Å². The fourth-order valence-corrected chi connectivity index (χ4v) is 5.47. The Bertz CT molecular complexity index is 1210. The van der Waals surface area contributed by atoms with Crippen LogP contribution < -0.4 is 10.2 Å². The second-order valence-corrected chi connectivity index (χ2v) is 9.91. The summed E-state index contributed by atoms with van der Waals surface area (Å²) in [5.74, 6) is -0.260. The van der Waals surface area contributed by atoms with Crippen LogP contribution in [0.25, 0.3) is 5.57 Å². The van der Waals surface area contributed by atoms with E-state index in [0.29, 0.717) is 22.5 Å². The van der Waals surface area contributed by atoms with Gasteiger partial charge in [0.25, 0.3) is 5.91 Å². The van der Waals surface area contributed by atoms with Gasteiger partial charge < -0.3 is 10.2 Å². The normalized spacial score (nSPS) is 17.3. The van der Waals surface area contributed by atoms with Crippen molar-refractivity contribution in [3.8, 4) is 0 Å². The molecular formula is C22H22F3N3O3S. The van der Waals surface area contributed by atoms with Gasteiger partial charge in [0.1, 0.15) is 0 Å². The maximum atomic E-state index is 13.2. The molecule has 2 aromatic rings. The monoisotopic (exact) mass is 465 g/mol. The summed E-state index contributed by atoms with van der Waals surface area (Å²) in [5, 5.41) is 2.73. The highest BCUT2D eigenvalue weighted by atomic mass is 32.2. The van der Waals surface area contributed by atoms with Gasteiger partial charge in [-0.25, -0.2) is 8.42 Å². The maximum Gasteiger partial charge on any atom is 0.416 e. The molecule has 0 bridgehead atoms. The third-order valence-electron chi connectivity index (χ3n) is 5.65. The molecule has 0 atom stereocenters. The molecule has 32 heavy (non-hydrogen) atoms. The molecule has 2 aliphatic heterocycles. The SMILES string of the molecule is CC(C)=C1C(=O)Nc2ccc(S(=O)(=O)N3CCN(c4cccc(C(F)(F)F)c4)CC3)cc21. The highest BCUT2D eigenvalue weighted by molar-refractivity contribution is 7.89. The molecule has 1 amide bonds. The lowest BCUT2D eigenvalue weighted by Crippen LogP contribution is -2.48. The van der Waals surface area contributed by atoms with Gasteiger partial charge in [-0.1, -0.05) is 11.6 Å². The van der Waals surface area contributed by atoms with E-state index < -0.39 is 21.8 Å². The van der Waals surface area contributed by atoms with Crippen molar-refractivity contribution < 1.29 is 26.4 Å². The number of halogens is 3. The third-order valence-corrected chi connectivity index (χ3v) is 7.55. The van der Waals surface area contributed by atoms with Gasteiger partial charge in [0, 0.05) is 48.7 Å². The van der Waals surface area contributed by atoms with Crippen LogP contribution in [0.5, 0.6) is 0 Å². The highest BCUT2D eigenvalue weighted by Gasteiger charge is 2.33. The average molecular weight is 465 g/mol. The van der Waals surface area contributed by atoms with E-state index >= 15 is 0 Å². The molecule has 0 aliphatic carbocycles. The van der Waals surface area contributed by atoms with Crippen molar-refractivity contribution in [3.05, 3.63) is 59.2 Å². The Labute approximate surface area is 184 Å². The number of carbonyl (C=O) groups excluding carboxylic acids is 1. The summed E-state index contributed by atoms with van der Waals surface area (Å²) < 4.78 is 66.8. The molecule has 1 N–H and O–H groups in total. The first-order valence-corrected chi connectivity index (χ1v) is 11.5. The second-order valence-electron chi connectivity index (χ2n) is 7.98. The number of nitrogens with zero attached hydrogens (tertiary/aromatic N) is 2. The molecule has 10 heteroatoms. The summed E-state index contributed by atoms with van der Waals surface area (Å²) in [5.41, 5.74) is 2.05. The number of anilines is 2. The van der Waals surface area contributed by atoms with Gasteiger partial charge in [-0.2, -0.15) is 17.5 Å². The number of amides is 1. The highest BCUT2D eigenvalue weighted by Crippen LogP contribution is 2.36. The first-order chi connectivity index (χ1) is 15.0. The van der Waals surface area contributed by atoms with Gasteiger partial charge in [-0.05, 0) is 50.2 Å². The van der Waals surface area contributed by atoms with E-state index in [1.165, 1.54) is 22.5 Å². The number of nitrogens with one attached hydrogen (secondary N) is 1. The number of allylic oxidation sites excluding steroid dienone is 1. The van der Waals surface area contributed by atoms with Crippen molar-refractivity contribution in [3.63, 3.8) is 0 Å². The summed E-state index contributed by atoms with van der Waals surface area (Å²) in [6.07, 6.45) is -4.44. The second kappa shape index (κ2) is 7.93. The van der Waals surface area contributed by atoms with Crippen molar-refractivity contribution in [1.29, 1.82) is 0 Å². The molecule has 2 heterocycles. The zero-order valence-corrected chi connectivity index (χ0v) is 18.3. The minimum absolute atomic E-state index is 0.0824. The molecule has 6 nitrogen and oxygen atoms in total. The lowest BCUT2D eigenvalue weighted by molar-refractivity contribution is -0.137. The fraction of sp³-hybridized carbons (Fsp3) is 0.318. The zero-order chi connectivity index (χ0) is 23.3.